The van der Waals surface area contributed by atoms with Crippen molar-refractivity contribution < 1.29 is 4.79 Å². The molecule has 102 valence electrons. The third-order valence-electron chi connectivity index (χ3n) is 4.66. The molecule has 1 atom stereocenters. The molecule has 1 unspecified atom stereocenters. The summed E-state index contributed by atoms with van der Waals surface area (Å²) in [7, 11) is 0. The molecule has 1 amide bonds. The first-order valence-electron chi connectivity index (χ1n) is 7.46. The number of hydrogen-bond donors (Lipinski definition) is 1. The van der Waals surface area contributed by atoms with E-state index in [4.69, 9.17) is 0 Å². The zero-order chi connectivity index (χ0) is 13.5. The van der Waals surface area contributed by atoms with Crippen molar-refractivity contribution in [2.75, 3.05) is 0 Å². The Kier molecular flexibility index (Phi) is 3.12. The van der Waals surface area contributed by atoms with Crippen molar-refractivity contribution in [3.63, 3.8) is 0 Å². The summed E-state index contributed by atoms with van der Waals surface area (Å²) >= 11 is 0. The molecule has 1 N–H and O–H groups in total. The number of benzene rings is 1. The first-order chi connectivity index (χ1) is 9.03. The summed E-state index contributed by atoms with van der Waals surface area (Å²) < 4.78 is 0. The van der Waals surface area contributed by atoms with Gasteiger partial charge in [-0.2, -0.15) is 0 Å². The maximum atomic E-state index is 12.3. The number of rotatable bonds is 2. The molecule has 0 bridgehead atoms. The van der Waals surface area contributed by atoms with E-state index in [1.165, 1.54) is 30.4 Å². The van der Waals surface area contributed by atoms with Crippen molar-refractivity contribution in [1.29, 1.82) is 0 Å². The summed E-state index contributed by atoms with van der Waals surface area (Å²) in [6.45, 7) is 4.57. The number of hydrogen-bond acceptors (Lipinski definition) is 1. The molecule has 1 aromatic carbocycles. The molecule has 0 aliphatic heterocycles. The number of carbonyl (C=O) groups excluding carboxylic acids is 1. The van der Waals surface area contributed by atoms with Crippen LogP contribution in [0.5, 0.6) is 0 Å². The Balaban J connectivity index is 1.68. The molecule has 0 saturated heterocycles. The number of fused-ring (bicyclic) bond motifs is 1. The van der Waals surface area contributed by atoms with Crippen molar-refractivity contribution in [1.82, 2.24) is 5.32 Å². The molecule has 0 aromatic heterocycles. The van der Waals surface area contributed by atoms with Gasteiger partial charge in [-0.3, -0.25) is 4.79 Å². The van der Waals surface area contributed by atoms with Crippen LogP contribution in [0.2, 0.25) is 0 Å². The van der Waals surface area contributed by atoms with Crippen LogP contribution in [0, 0.1) is 5.41 Å². The standard InChI is InChI=1S/C17H23NO/c1-17(2)9-8-15(11-17)18-16(19)14-7-6-12-4-3-5-13(12)10-14/h6-7,10,15H,3-5,8-9,11H2,1-2H3,(H,18,19). The van der Waals surface area contributed by atoms with E-state index in [1.54, 1.807) is 0 Å². The Morgan fingerprint density at radius 3 is 2.79 bits per heavy atom. The van der Waals surface area contributed by atoms with Crippen LogP contribution in [0.1, 0.15) is 61.0 Å². The number of amides is 1. The second-order valence-electron chi connectivity index (χ2n) is 6.91. The summed E-state index contributed by atoms with van der Waals surface area (Å²) in [5, 5.41) is 3.20. The Morgan fingerprint density at radius 1 is 1.26 bits per heavy atom. The Hall–Kier alpha value is -1.31. The van der Waals surface area contributed by atoms with Gasteiger partial charge in [0.05, 0.1) is 0 Å². The van der Waals surface area contributed by atoms with Gasteiger partial charge >= 0.3 is 0 Å². The second-order valence-corrected chi connectivity index (χ2v) is 6.91. The summed E-state index contributed by atoms with van der Waals surface area (Å²) in [6, 6.07) is 6.57. The van der Waals surface area contributed by atoms with Gasteiger partial charge in [0.15, 0.2) is 0 Å². The van der Waals surface area contributed by atoms with Crippen LogP contribution < -0.4 is 5.32 Å². The van der Waals surface area contributed by atoms with Gasteiger partial charge in [0, 0.05) is 11.6 Å². The van der Waals surface area contributed by atoms with Crippen molar-refractivity contribution in [2.24, 2.45) is 5.41 Å². The molecule has 0 heterocycles. The van der Waals surface area contributed by atoms with Crippen LogP contribution >= 0.6 is 0 Å². The van der Waals surface area contributed by atoms with Gasteiger partial charge in [-0.15, -0.1) is 0 Å². The van der Waals surface area contributed by atoms with Gasteiger partial charge in [0.25, 0.3) is 5.91 Å². The summed E-state index contributed by atoms with van der Waals surface area (Å²) in [6.07, 6.45) is 6.97. The maximum absolute atomic E-state index is 12.3. The zero-order valence-corrected chi connectivity index (χ0v) is 12.0. The minimum Gasteiger partial charge on any atom is -0.349 e. The molecular formula is C17H23NO. The highest BCUT2D eigenvalue weighted by Gasteiger charge is 2.31. The molecular weight excluding hydrogens is 234 g/mol. The first-order valence-corrected chi connectivity index (χ1v) is 7.46. The summed E-state index contributed by atoms with van der Waals surface area (Å²) in [4.78, 5) is 12.3. The van der Waals surface area contributed by atoms with E-state index in [9.17, 15) is 4.79 Å². The van der Waals surface area contributed by atoms with Crippen LogP contribution in [0.25, 0.3) is 0 Å². The lowest BCUT2D eigenvalue weighted by atomic mass is 9.92. The number of aryl methyl sites for hydroxylation is 2. The van der Waals surface area contributed by atoms with Gasteiger partial charge in [0.1, 0.15) is 0 Å². The summed E-state index contributed by atoms with van der Waals surface area (Å²) in [5.41, 5.74) is 4.03. The van der Waals surface area contributed by atoms with E-state index in [0.717, 1.165) is 24.8 Å². The van der Waals surface area contributed by atoms with E-state index in [1.807, 2.05) is 6.07 Å². The van der Waals surface area contributed by atoms with E-state index in [-0.39, 0.29) is 5.91 Å². The van der Waals surface area contributed by atoms with E-state index < -0.39 is 0 Å². The fourth-order valence-electron chi connectivity index (χ4n) is 3.54. The average Bonchev–Trinajstić information content (AvgIpc) is 2.94. The number of nitrogens with one attached hydrogen (secondary N) is 1. The molecule has 2 aliphatic carbocycles. The van der Waals surface area contributed by atoms with E-state index in [0.29, 0.717) is 11.5 Å². The lowest BCUT2D eigenvalue weighted by Gasteiger charge is -2.18. The lowest BCUT2D eigenvalue weighted by molar-refractivity contribution is 0.0936. The zero-order valence-electron chi connectivity index (χ0n) is 12.0. The molecule has 2 nitrogen and oxygen atoms in total. The molecule has 1 saturated carbocycles. The average molecular weight is 257 g/mol. The minimum absolute atomic E-state index is 0.109. The van der Waals surface area contributed by atoms with E-state index in [2.05, 4.69) is 31.3 Å². The molecule has 1 aromatic rings. The highest BCUT2D eigenvalue weighted by Crippen LogP contribution is 2.37. The predicted octanol–water partition coefficient (Wildman–Crippen LogP) is 3.48. The molecule has 1 fully saturated rings. The Bertz CT molecular complexity index is 504. The fourth-order valence-corrected chi connectivity index (χ4v) is 3.54. The van der Waals surface area contributed by atoms with Crippen molar-refractivity contribution >= 4 is 5.91 Å². The highest BCUT2D eigenvalue weighted by atomic mass is 16.1. The van der Waals surface area contributed by atoms with E-state index >= 15 is 0 Å². The molecule has 0 radical (unpaired) electrons. The fraction of sp³-hybridized carbons (Fsp3) is 0.588. The third-order valence-corrected chi connectivity index (χ3v) is 4.66. The van der Waals surface area contributed by atoms with Crippen molar-refractivity contribution in [3.05, 3.63) is 34.9 Å². The van der Waals surface area contributed by atoms with Crippen molar-refractivity contribution in [2.45, 2.75) is 58.4 Å². The van der Waals surface area contributed by atoms with Crippen LogP contribution in [-0.2, 0) is 12.8 Å². The monoisotopic (exact) mass is 257 g/mol. The van der Waals surface area contributed by atoms with Gasteiger partial charge in [0.2, 0.25) is 0 Å². The molecule has 2 aliphatic rings. The normalized spacial score (nSPS) is 24.2. The Labute approximate surface area is 115 Å². The summed E-state index contributed by atoms with van der Waals surface area (Å²) in [5.74, 6) is 0.109. The van der Waals surface area contributed by atoms with Gasteiger partial charge in [-0.05, 0) is 67.2 Å². The lowest BCUT2D eigenvalue weighted by Crippen LogP contribution is -2.33. The first kappa shape index (κ1) is 12.7. The predicted molar refractivity (Wildman–Crippen MR) is 77.4 cm³/mol. The van der Waals surface area contributed by atoms with Gasteiger partial charge in [-0.25, -0.2) is 0 Å². The SMILES string of the molecule is CC1(C)CCC(NC(=O)c2ccc3c(c2)CCC3)C1. The largest absolute Gasteiger partial charge is 0.349 e. The quantitative estimate of drug-likeness (QED) is 0.863. The number of carbonyl (C=O) groups is 1. The minimum atomic E-state index is 0.109. The molecule has 19 heavy (non-hydrogen) atoms. The molecule has 0 spiro atoms. The Morgan fingerprint density at radius 2 is 2.05 bits per heavy atom. The van der Waals surface area contributed by atoms with Crippen LogP contribution in [-0.4, -0.2) is 11.9 Å². The van der Waals surface area contributed by atoms with Gasteiger partial charge < -0.3 is 5.32 Å². The molecule has 3 rings (SSSR count). The van der Waals surface area contributed by atoms with Gasteiger partial charge in [-0.1, -0.05) is 19.9 Å². The topological polar surface area (TPSA) is 29.1 Å². The molecule has 2 heteroatoms. The van der Waals surface area contributed by atoms with Crippen LogP contribution in [0.15, 0.2) is 18.2 Å². The maximum Gasteiger partial charge on any atom is 0.251 e. The van der Waals surface area contributed by atoms with Crippen LogP contribution in [0.4, 0.5) is 0 Å². The third kappa shape index (κ3) is 2.68. The highest BCUT2D eigenvalue weighted by molar-refractivity contribution is 5.94. The second kappa shape index (κ2) is 4.66. The van der Waals surface area contributed by atoms with Crippen LogP contribution in [0.3, 0.4) is 0 Å². The van der Waals surface area contributed by atoms with Crippen molar-refractivity contribution in [3.8, 4) is 0 Å². The smallest absolute Gasteiger partial charge is 0.251 e.